The molecule has 0 aliphatic carbocycles. The van der Waals surface area contributed by atoms with Crippen LogP contribution in [0.2, 0.25) is 0 Å². The van der Waals surface area contributed by atoms with E-state index in [0.29, 0.717) is 31.2 Å². The van der Waals surface area contributed by atoms with Gasteiger partial charge in [0.05, 0.1) is 17.7 Å². The lowest BCUT2D eigenvalue weighted by atomic mass is 10.4. The first kappa shape index (κ1) is 16.4. The second kappa shape index (κ2) is 8.49. The van der Waals surface area contributed by atoms with Crippen molar-refractivity contribution in [2.75, 3.05) is 19.8 Å². The number of aromatic carboxylic acids is 1. The summed E-state index contributed by atoms with van der Waals surface area (Å²) in [6.45, 7) is 5.24. The monoisotopic (exact) mass is 301 g/mol. The number of carboxylic acid groups (broad SMARTS) is 1. The lowest BCUT2D eigenvalue weighted by Gasteiger charge is -2.14. The van der Waals surface area contributed by atoms with E-state index in [1.165, 1.54) is 16.7 Å². The summed E-state index contributed by atoms with van der Waals surface area (Å²) in [5.41, 5.74) is 0.0415. The number of thiazole rings is 1. The van der Waals surface area contributed by atoms with Gasteiger partial charge in [0.2, 0.25) is 0 Å². The van der Waals surface area contributed by atoms with Crippen LogP contribution in [-0.4, -0.2) is 47.9 Å². The summed E-state index contributed by atoms with van der Waals surface area (Å²) in [4.78, 5) is 26.1. The van der Waals surface area contributed by atoms with E-state index < -0.39 is 5.97 Å². The average Bonchev–Trinajstić information content (AvgIpc) is 2.85. The van der Waals surface area contributed by atoms with Crippen molar-refractivity contribution in [1.82, 2.24) is 15.6 Å². The van der Waals surface area contributed by atoms with Gasteiger partial charge in [-0.25, -0.2) is 14.6 Å². The van der Waals surface area contributed by atoms with Crippen LogP contribution in [0.25, 0.3) is 0 Å². The molecule has 0 spiro atoms. The third-order valence-corrected chi connectivity index (χ3v) is 3.25. The smallest absolute Gasteiger partial charge is 0.355 e. The number of nitrogens with one attached hydrogen (secondary N) is 2. The zero-order valence-electron chi connectivity index (χ0n) is 11.5. The van der Waals surface area contributed by atoms with Gasteiger partial charge in [-0.15, -0.1) is 11.3 Å². The molecule has 0 aliphatic rings. The Labute approximate surface area is 121 Å². The van der Waals surface area contributed by atoms with E-state index in [9.17, 15) is 9.59 Å². The molecule has 20 heavy (non-hydrogen) atoms. The van der Waals surface area contributed by atoms with Gasteiger partial charge < -0.3 is 20.5 Å². The highest BCUT2D eigenvalue weighted by Crippen LogP contribution is 2.09. The second-order valence-corrected chi connectivity index (χ2v) is 5.09. The normalized spacial score (nSPS) is 11.9. The molecule has 2 amide bonds. The highest BCUT2D eigenvalue weighted by Gasteiger charge is 2.09. The van der Waals surface area contributed by atoms with E-state index >= 15 is 0 Å². The van der Waals surface area contributed by atoms with Crippen molar-refractivity contribution in [3.8, 4) is 0 Å². The molecule has 1 aromatic rings. The van der Waals surface area contributed by atoms with Crippen molar-refractivity contribution in [2.24, 2.45) is 0 Å². The minimum atomic E-state index is -1.04. The van der Waals surface area contributed by atoms with Crippen molar-refractivity contribution >= 4 is 23.3 Å². The molecule has 0 aromatic carbocycles. The van der Waals surface area contributed by atoms with Gasteiger partial charge in [-0.2, -0.15) is 0 Å². The molecule has 7 nitrogen and oxygen atoms in total. The quantitative estimate of drug-likeness (QED) is 0.668. The molecule has 0 radical (unpaired) electrons. The number of aromatic nitrogens is 1. The molecule has 1 unspecified atom stereocenters. The highest BCUT2D eigenvalue weighted by molar-refractivity contribution is 7.09. The molecule has 1 aromatic heterocycles. The minimum absolute atomic E-state index is 0.0415. The summed E-state index contributed by atoms with van der Waals surface area (Å²) >= 11 is 1.27. The second-order valence-electron chi connectivity index (χ2n) is 4.14. The summed E-state index contributed by atoms with van der Waals surface area (Å²) in [6, 6.07) is -0.333. The van der Waals surface area contributed by atoms with Gasteiger partial charge in [-0.05, 0) is 13.8 Å². The number of hydrogen-bond acceptors (Lipinski definition) is 5. The van der Waals surface area contributed by atoms with Crippen molar-refractivity contribution in [3.63, 3.8) is 0 Å². The Balaban J connectivity index is 2.22. The van der Waals surface area contributed by atoms with E-state index in [1.54, 1.807) is 0 Å². The van der Waals surface area contributed by atoms with Gasteiger partial charge in [0.15, 0.2) is 5.69 Å². The van der Waals surface area contributed by atoms with Gasteiger partial charge in [0, 0.05) is 25.0 Å². The van der Waals surface area contributed by atoms with Crippen LogP contribution < -0.4 is 10.6 Å². The maximum absolute atomic E-state index is 11.5. The van der Waals surface area contributed by atoms with E-state index in [-0.39, 0.29) is 17.8 Å². The van der Waals surface area contributed by atoms with Crippen LogP contribution in [0.3, 0.4) is 0 Å². The van der Waals surface area contributed by atoms with Crippen LogP contribution >= 0.6 is 11.3 Å². The number of nitrogens with zero attached hydrogens (tertiary/aromatic N) is 1. The van der Waals surface area contributed by atoms with Crippen LogP contribution in [0.5, 0.6) is 0 Å². The lowest BCUT2D eigenvalue weighted by Crippen LogP contribution is -2.43. The molecule has 0 saturated carbocycles. The maximum atomic E-state index is 11.5. The largest absolute Gasteiger partial charge is 0.476 e. The van der Waals surface area contributed by atoms with Gasteiger partial charge in [0.1, 0.15) is 0 Å². The molecule has 0 fully saturated rings. The third kappa shape index (κ3) is 5.98. The molecule has 3 N–H and O–H groups in total. The predicted octanol–water partition coefficient (Wildman–Crippen LogP) is 1.11. The highest BCUT2D eigenvalue weighted by atomic mass is 32.1. The Bertz CT molecular complexity index is 450. The van der Waals surface area contributed by atoms with Gasteiger partial charge in [-0.1, -0.05) is 0 Å². The molecule has 0 bridgehead atoms. The van der Waals surface area contributed by atoms with E-state index in [1.807, 2.05) is 13.8 Å². The van der Waals surface area contributed by atoms with Gasteiger partial charge in [-0.3, -0.25) is 0 Å². The summed E-state index contributed by atoms with van der Waals surface area (Å²) in [6.07, 6.45) is 0.505. The van der Waals surface area contributed by atoms with Crippen LogP contribution in [0, 0.1) is 0 Å². The Kier molecular flexibility index (Phi) is 6.96. The molecule has 1 heterocycles. The first-order valence-electron chi connectivity index (χ1n) is 6.32. The molecule has 1 atom stereocenters. The predicted molar refractivity (Wildman–Crippen MR) is 75.3 cm³/mol. The molecule has 0 saturated heterocycles. The van der Waals surface area contributed by atoms with Gasteiger partial charge >= 0.3 is 12.0 Å². The fourth-order valence-corrected chi connectivity index (χ4v) is 2.19. The molecular formula is C12H19N3O4S. The van der Waals surface area contributed by atoms with Crippen molar-refractivity contribution in [2.45, 2.75) is 26.3 Å². The van der Waals surface area contributed by atoms with E-state index in [4.69, 9.17) is 9.84 Å². The molecule has 0 aliphatic heterocycles. The van der Waals surface area contributed by atoms with Gasteiger partial charge in [0.25, 0.3) is 0 Å². The number of hydrogen-bond donors (Lipinski definition) is 3. The Hall–Kier alpha value is -1.67. The van der Waals surface area contributed by atoms with Crippen LogP contribution in [0.15, 0.2) is 5.38 Å². The number of urea groups is 1. The first-order chi connectivity index (χ1) is 9.52. The summed E-state index contributed by atoms with van der Waals surface area (Å²) in [5, 5.41) is 16.3. The van der Waals surface area contributed by atoms with Crippen LogP contribution in [-0.2, 0) is 11.2 Å². The van der Waals surface area contributed by atoms with E-state index in [2.05, 4.69) is 15.6 Å². The molecule has 112 valence electrons. The fourth-order valence-electron chi connectivity index (χ4n) is 1.42. The van der Waals surface area contributed by atoms with Crippen molar-refractivity contribution < 1.29 is 19.4 Å². The van der Waals surface area contributed by atoms with Crippen LogP contribution in [0.4, 0.5) is 4.79 Å². The van der Waals surface area contributed by atoms with Crippen molar-refractivity contribution in [1.29, 1.82) is 0 Å². The average molecular weight is 301 g/mol. The van der Waals surface area contributed by atoms with Crippen LogP contribution in [0.1, 0.15) is 29.3 Å². The number of ether oxygens (including phenoxy) is 1. The first-order valence-corrected chi connectivity index (χ1v) is 7.20. The number of carbonyl (C=O) groups is 2. The summed E-state index contributed by atoms with van der Waals surface area (Å²) in [7, 11) is 0. The number of amides is 2. The molecular weight excluding hydrogens is 282 g/mol. The Morgan fingerprint density at radius 3 is 2.90 bits per heavy atom. The van der Waals surface area contributed by atoms with E-state index in [0.717, 1.165) is 0 Å². The fraction of sp³-hybridized carbons (Fsp3) is 0.583. The molecule has 1 rings (SSSR count). The number of carbonyl (C=O) groups excluding carboxylic acids is 1. The third-order valence-electron chi connectivity index (χ3n) is 2.34. The SMILES string of the molecule is CCOCC(C)NC(=O)NCCc1nc(C(=O)O)cs1. The lowest BCUT2D eigenvalue weighted by molar-refractivity contribution is 0.0691. The summed E-state index contributed by atoms with van der Waals surface area (Å²) in [5.74, 6) is -1.04. The Morgan fingerprint density at radius 2 is 2.30 bits per heavy atom. The zero-order valence-corrected chi connectivity index (χ0v) is 12.3. The minimum Gasteiger partial charge on any atom is -0.476 e. The number of rotatable bonds is 8. The standard InChI is InChI=1S/C12H19N3O4S/c1-3-19-6-8(2)14-12(18)13-5-4-10-15-9(7-20-10)11(16)17/h7-8H,3-6H2,1-2H3,(H,16,17)(H2,13,14,18). The maximum Gasteiger partial charge on any atom is 0.355 e. The topological polar surface area (TPSA) is 101 Å². The van der Waals surface area contributed by atoms with Crippen molar-refractivity contribution in [3.05, 3.63) is 16.1 Å². The molecule has 8 heteroatoms. The Morgan fingerprint density at radius 1 is 1.55 bits per heavy atom. The summed E-state index contributed by atoms with van der Waals surface area (Å²) < 4.78 is 5.19. The number of carboxylic acids is 1. The zero-order chi connectivity index (χ0) is 15.0.